The second-order valence-electron chi connectivity index (χ2n) is 9.45. The normalized spacial score (nSPS) is 13.4. The number of aromatic nitrogens is 3. The van der Waals surface area contributed by atoms with Crippen molar-refractivity contribution in [1.29, 1.82) is 0 Å². The molecule has 0 aliphatic carbocycles. The van der Waals surface area contributed by atoms with E-state index in [1.165, 1.54) is 12.8 Å². The lowest BCUT2D eigenvalue weighted by Gasteiger charge is -2.16. The van der Waals surface area contributed by atoms with Gasteiger partial charge in [-0.2, -0.15) is 0 Å². The van der Waals surface area contributed by atoms with Crippen molar-refractivity contribution in [3.05, 3.63) is 54.2 Å². The highest BCUT2D eigenvalue weighted by Crippen LogP contribution is 2.40. The van der Waals surface area contributed by atoms with Gasteiger partial charge in [0.2, 0.25) is 5.95 Å². The Bertz CT molecular complexity index is 1420. The summed E-state index contributed by atoms with van der Waals surface area (Å²) in [5.74, 6) is 1.98. The monoisotopic (exact) mass is 545 g/mol. The van der Waals surface area contributed by atoms with Crippen LogP contribution in [0.4, 0.5) is 22.5 Å². The van der Waals surface area contributed by atoms with Gasteiger partial charge in [0.15, 0.2) is 5.13 Å². The molecule has 0 amide bonds. The van der Waals surface area contributed by atoms with Crippen molar-refractivity contribution in [2.45, 2.75) is 26.7 Å². The van der Waals surface area contributed by atoms with Crippen LogP contribution in [-0.4, -0.2) is 59.7 Å². The van der Waals surface area contributed by atoms with Crippen molar-refractivity contribution in [2.75, 3.05) is 56.3 Å². The Hall–Kier alpha value is -3.89. The molecule has 9 nitrogen and oxygen atoms in total. The Kier molecular flexibility index (Phi) is 8.43. The molecule has 10 heteroatoms. The maximum Gasteiger partial charge on any atom is 0.227 e. The predicted octanol–water partition coefficient (Wildman–Crippen LogP) is 5.82. The number of thiazole rings is 1. The average molecular weight is 546 g/mol. The third-order valence-corrected chi connectivity index (χ3v) is 7.69. The maximum atomic E-state index is 6.30. The van der Waals surface area contributed by atoms with Gasteiger partial charge in [-0.05, 0) is 75.7 Å². The molecule has 0 bridgehead atoms. The summed E-state index contributed by atoms with van der Waals surface area (Å²) in [4.78, 5) is 17.5. The zero-order valence-corrected chi connectivity index (χ0v) is 23.5. The molecule has 39 heavy (non-hydrogen) atoms. The van der Waals surface area contributed by atoms with E-state index in [0.29, 0.717) is 24.0 Å². The quantitative estimate of drug-likeness (QED) is 0.201. The van der Waals surface area contributed by atoms with Gasteiger partial charge < -0.3 is 25.8 Å². The topological polar surface area (TPSA) is 110 Å². The fraction of sp³-hybridized carbons (Fsp3) is 0.345. The lowest BCUT2D eigenvalue weighted by molar-refractivity contribution is 0.238. The fourth-order valence-electron chi connectivity index (χ4n) is 4.61. The second kappa shape index (κ2) is 12.3. The van der Waals surface area contributed by atoms with E-state index in [2.05, 4.69) is 33.5 Å². The third kappa shape index (κ3) is 6.40. The van der Waals surface area contributed by atoms with Crippen LogP contribution in [0.5, 0.6) is 11.5 Å². The number of nitrogens with zero attached hydrogens (tertiary/aromatic N) is 4. The molecule has 5 rings (SSSR count). The summed E-state index contributed by atoms with van der Waals surface area (Å²) in [5.41, 5.74) is 11.3. The number of nitrogens with one attached hydrogen (secondary N) is 2. The van der Waals surface area contributed by atoms with Gasteiger partial charge in [-0.25, -0.2) is 15.0 Å². The van der Waals surface area contributed by atoms with Gasteiger partial charge in [-0.3, -0.25) is 4.90 Å². The molecule has 4 aromatic rings. The van der Waals surface area contributed by atoms with Gasteiger partial charge in [0, 0.05) is 30.5 Å². The maximum absolute atomic E-state index is 6.30. The first-order valence-electron chi connectivity index (χ1n) is 13.3. The first-order chi connectivity index (χ1) is 19.0. The lowest BCUT2D eigenvalue weighted by Crippen LogP contribution is -2.25. The molecule has 2 aromatic carbocycles. The minimum absolute atomic E-state index is 0.473. The molecule has 0 spiro atoms. The number of hydrogen-bond donors (Lipinski definition) is 3. The third-order valence-electron chi connectivity index (χ3n) is 6.65. The van der Waals surface area contributed by atoms with Gasteiger partial charge >= 0.3 is 0 Å². The van der Waals surface area contributed by atoms with E-state index >= 15 is 0 Å². The molecule has 1 fully saturated rings. The Morgan fingerprint density at radius 3 is 2.67 bits per heavy atom. The molecule has 0 unspecified atom stereocenters. The summed E-state index contributed by atoms with van der Waals surface area (Å²) in [6.45, 7) is 8.71. The molecular weight excluding hydrogens is 510 g/mol. The molecule has 3 heterocycles. The van der Waals surface area contributed by atoms with Crippen molar-refractivity contribution in [1.82, 2.24) is 19.9 Å². The van der Waals surface area contributed by atoms with E-state index in [0.717, 1.165) is 70.1 Å². The van der Waals surface area contributed by atoms with E-state index in [-0.39, 0.29) is 0 Å². The van der Waals surface area contributed by atoms with Gasteiger partial charge in [0.1, 0.15) is 18.1 Å². The van der Waals surface area contributed by atoms with Gasteiger partial charge in [-0.15, -0.1) is 0 Å². The molecule has 0 atom stereocenters. The van der Waals surface area contributed by atoms with Gasteiger partial charge in [-0.1, -0.05) is 23.5 Å². The molecule has 0 saturated carbocycles. The van der Waals surface area contributed by atoms with E-state index in [1.807, 2.05) is 43.3 Å². The molecule has 2 aromatic heterocycles. The lowest BCUT2D eigenvalue weighted by atomic mass is 10.1. The number of methoxy groups -OCH3 is 1. The van der Waals surface area contributed by atoms with Gasteiger partial charge in [0.25, 0.3) is 0 Å². The van der Waals surface area contributed by atoms with E-state index < -0.39 is 0 Å². The van der Waals surface area contributed by atoms with Crippen LogP contribution in [0.3, 0.4) is 0 Å². The van der Waals surface area contributed by atoms with Crippen LogP contribution in [0.15, 0.2) is 48.7 Å². The smallest absolute Gasteiger partial charge is 0.227 e. The van der Waals surface area contributed by atoms with E-state index in [4.69, 9.17) is 25.2 Å². The van der Waals surface area contributed by atoms with Crippen LogP contribution in [0, 0.1) is 6.92 Å². The van der Waals surface area contributed by atoms with E-state index in [1.54, 1.807) is 24.6 Å². The summed E-state index contributed by atoms with van der Waals surface area (Å²) in [7, 11) is 1.68. The number of rotatable bonds is 11. The highest BCUT2D eigenvalue weighted by molar-refractivity contribution is 7.19. The zero-order valence-electron chi connectivity index (χ0n) is 22.7. The van der Waals surface area contributed by atoms with Crippen LogP contribution < -0.4 is 25.8 Å². The molecule has 1 aliphatic rings. The van der Waals surface area contributed by atoms with Crippen molar-refractivity contribution in [3.63, 3.8) is 0 Å². The van der Waals surface area contributed by atoms with Crippen molar-refractivity contribution >= 4 is 33.8 Å². The molecule has 204 valence electrons. The fourth-order valence-corrected chi connectivity index (χ4v) is 5.63. The number of benzene rings is 2. The van der Waals surface area contributed by atoms with Crippen LogP contribution in [0.1, 0.15) is 25.3 Å². The number of anilines is 4. The molecule has 1 aliphatic heterocycles. The first-order valence-corrected chi connectivity index (χ1v) is 14.1. The number of hydrogen-bond acceptors (Lipinski definition) is 10. The minimum Gasteiger partial charge on any atom is -0.496 e. The van der Waals surface area contributed by atoms with Crippen LogP contribution in [0.2, 0.25) is 0 Å². The van der Waals surface area contributed by atoms with E-state index in [9.17, 15) is 0 Å². The largest absolute Gasteiger partial charge is 0.496 e. The Morgan fingerprint density at radius 2 is 1.90 bits per heavy atom. The number of likely N-dealkylation sites (tertiary alicyclic amines) is 1. The summed E-state index contributed by atoms with van der Waals surface area (Å²) in [5, 5.41) is 7.45. The number of aryl methyl sites for hydroxylation is 1. The second-order valence-corrected chi connectivity index (χ2v) is 10.5. The summed E-state index contributed by atoms with van der Waals surface area (Å²) in [6, 6.07) is 13.7. The molecule has 0 radical (unpaired) electrons. The SMILES string of the molecule is CCNc1nc(-c2ccc(C)c(OC)c2)c(-c2ccnc(Nc3ccc(OCCN4CCCC4)c(N)c3)n2)s1. The summed E-state index contributed by atoms with van der Waals surface area (Å²) in [6.07, 6.45) is 4.29. The van der Waals surface area contributed by atoms with Crippen molar-refractivity contribution in [3.8, 4) is 33.3 Å². The predicted molar refractivity (Wildman–Crippen MR) is 159 cm³/mol. The first kappa shape index (κ1) is 26.7. The Labute approximate surface area is 233 Å². The standard InChI is InChI=1S/C29H35N7O2S/c1-4-31-29-35-26(20-8-7-19(2)25(17-20)37-3)27(39-29)23-11-12-32-28(34-23)33-21-9-10-24(22(30)18-21)38-16-15-36-13-5-6-14-36/h7-12,17-18H,4-6,13-16,30H2,1-3H3,(H,31,35)(H,32,33,34). The molecular formula is C29H35N7O2S. The van der Waals surface area contributed by atoms with Crippen LogP contribution in [0.25, 0.3) is 21.8 Å². The average Bonchev–Trinajstić information content (AvgIpc) is 3.61. The summed E-state index contributed by atoms with van der Waals surface area (Å²) < 4.78 is 11.5. The number of ether oxygens (including phenoxy) is 2. The molecule has 1 saturated heterocycles. The number of nitrogen functional groups attached to an aromatic ring is 1. The highest BCUT2D eigenvalue weighted by atomic mass is 32.1. The molecule has 4 N–H and O–H groups in total. The Balaban J connectivity index is 1.35. The highest BCUT2D eigenvalue weighted by Gasteiger charge is 2.18. The van der Waals surface area contributed by atoms with Crippen molar-refractivity contribution in [2.24, 2.45) is 0 Å². The van der Waals surface area contributed by atoms with Gasteiger partial charge in [0.05, 0.1) is 29.1 Å². The minimum atomic E-state index is 0.473. The number of nitrogens with two attached hydrogens (primary N) is 1. The van der Waals surface area contributed by atoms with Crippen LogP contribution >= 0.6 is 11.3 Å². The Morgan fingerprint density at radius 1 is 1.05 bits per heavy atom. The van der Waals surface area contributed by atoms with Crippen molar-refractivity contribution < 1.29 is 9.47 Å². The zero-order chi connectivity index (χ0) is 27.2. The summed E-state index contributed by atoms with van der Waals surface area (Å²) >= 11 is 1.56. The van der Waals surface area contributed by atoms with Crippen LogP contribution in [-0.2, 0) is 0 Å².